The predicted molar refractivity (Wildman–Crippen MR) is 94.3 cm³/mol. The molecule has 0 radical (unpaired) electrons. The first-order chi connectivity index (χ1) is 14.2. The lowest BCUT2D eigenvalue weighted by Gasteiger charge is -2.34. The highest BCUT2D eigenvalue weighted by molar-refractivity contribution is 8.10. The fraction of sp³-hybridized carbons (Fsp3) is 0.267. The van der Waals surface area contributed by atoms with Gasteiger partial charge in [0.2, 0.25) is 6.17 Å². The average Bonchev–Trinajstić information content (AvgIpc) is 3.09. The topological polar surface area (TPSA) is 95.1 Å². The molecule has 168 valence electrons. The molecule has 0 bridgehead atoms. The van der Waals surface area contributed by atoms with E-state index in [9.17, 15) is 45.4 Å². The van der Waals surface area contributed by atoms with Crippen molar-refractivity contribution in [2.24, 2.45) is 4.99 Å². The molecule has 1 atom stereocenters. The zero-order chi connectivity index (χ0) is 23.4. The van der Waals surface area contributed by atoms with Crippen molar-refractivity contribution in [3.05, 3.63) is 39.2 Å². The Bertz CT molecular complexity index is 1140. The predicted octanol–water partition coefficient (Wildman–Crippen LogP) is 3.95. The minimum atomic E-state index is -6.62. The average molecular weight is 494 g/mol. The zero-order valence-corrected chi connectivity index (χ0v) is 16.0. The molecule has 1 aliphatic rings. The Kier molecular flexibility index (Phi) is 5.65. The second kappa shape index (κ2) is 7.56. The second-order valence-electron chi connectivity index (χ2n) is 5.95. The Morgan fingerprint density at radius 1 is 1.23 bits per heavy atom. The number of rotatable bonds is 4. The lowest BCUT2D eigenvalue weighted by molar-refractivity contribution is -0.363. The van der Waals surface area contributed by atoms with E-state index >= 15 is 0 Å². The monoisotopic (exact) mass is 493 g/mol. The summed E-state index contributed by atoms with van der Waals surface area (Å²) in [7, 11) is 0. The maximum Gasteiger partial charge on any atom is 0.460 e. The van der Waals surface area contributed by atoms with Crippen molar-refractivity contribution in [2.75, 3.05) is 0 Å². The van der Waals surface area contributed by atoms with Gasteiger partial charge in [0.1, 0.15) is 11.3 Å². The van der Waals surface area contributed by atoms with Gasteiger partial charge < -0.3 is 9.52 Å². The van der Waals surface area contributed by atoms with Crippen molar-refractivity contribution in [1.82, 2.24) is 9.84 Å². The van der Waals surface area contributed by atoms with Crippen LogP contribution in [0.1, 0.15) is 10.4 Å². The molecule has 2 aromatic rings. The highest BCUT2D eigenvalue weighted by Crippen LogP contribution is 2.50. The number of nitrogens with zero attached hydrogens (tertiary/aromatic N) is 2. The Morgan fingerprint density at radius 3 is 2.48 bits per heavy atom. The van der Waals surface area contributed by atoms with Crippen molar-refractivity contribution in [1.29, 1.82) is 0 Å². The third-order valence-electron chi connectivity index (χ3n) is 3.96. The Labute approximate surface area is 175 Å². The Balaban J connectivity index is 1.94. The van der Waals surface area contributed by atoms with Crippen LogP contribution in [0.25, 0.3) is 11.0 Å². The van der Waals surface area contributed by atoms with E-state index in [1.165, 1.54) is 11.5 Å². The molecule has 2 heterocycles. The van der Waals surface area contributed by atoms with Gasteiger partial charge in [-0.1, -0.05) is 11.6 Å². The normalized spacial score (nSPS) is 18.0. The van der Waals surface area contributed by atoms with Gasteiger partial charge in [0.25, 0.3) is 5.91 Å². The number of amides is 1. The fourth-order valence-corrected chi connectivity index (χ4v) is 3.32. The van der Waals surface area contributed by atoms with Crippen LogP contribution in [-0.2, 0) is 0 Å². The number of carbonyl (C=O) groups is 1. The first-order valence-electron chi connectivity index (χ1n) is 7.75. The molecule has 0 saturated heterocycles. The standard InChI is InChI=1S/C15H7ClF7N3O4S/c16-5-1-2-6-7(3-5)30-11(29)8(9(6)27)10(28)25-26-12(24-4-31-26)13(17,18)14(19,20)15(21,22)23/h1-4,12,27H,(H,25,28). The van der Waals surface area contributed by atoms with Crippen molar-refractivity contribution in [3.8, 4) is 5.75 Å². The molecule has 0 aliphatic carbocycles. The third-order valence-corrected chi connectivity index (χ3v) is 4.93. The molecule has 1 aromatic heterocycles. The number of aliphatic imine (C=N–C) groups is 1. The third kappa shape index (κ3) is 3.80. The summed E-state index contributed by atoms with van der Waals surface area (Å²) in [6.45, 7) is 0. The Hall–Kier alpha value is -2.52. The summed E-state index contributed by atoms with van der Waals surface area (Å²) in [5, 5.41) is 10.1. The molecule has 7 nitrogen and oxygen atoms in total. The minimum absolute atomic E-state index is 0.0417. The van der Waals surface area contributed by atoms with E-state index in [-0.39, 0.29) is 32.4 Å². The lowest BCUT2D eigenvalue weighted by atomic mass is 10.1. The number of nitrogens with one attached hydrogen (secondary N) is 1. The number of benzene rings is 1. The number of carbonyl (C=O) groups excluding carboxylic acids is 1. The summed E-state index contributed by atoms with van der Waals surface area (Å²) in [6, 6.07) is 3.53. The highest BCUT2D eigenvalue weighted by Gasteiger charge is 2.77. The maximum absolute atomic E-state index is 14.0. The van der Waals surface area contributed by atoms with Gasteiger partial charge in [-0.3, -0.25) is 15.2 Å². The van der Waals surface area contributed by atoms with Gasteiger partial charge in [-0.2, -0.15) is 30.7 Å². The fourth-order valence-electron chi connectivity index (χ4n) is 2.45. The summed E-state index contributed by atoms with van der Waals surface area (Å²) in [6.07, 6.45) is -9.81. The Morgan fingerprint density at radius 2 is 1.87 bits per heavy atom. The number of hydrogen-bond donors (Lipinski definition) is 2. The summed E-state index contributed by atoms with van der Waals surface area (Å²) in [5.74, 6) is -14.9. The molecule has 1 unspecified atom stereocenters. The summed E-state index contributed by atoms with van der Waals surface area (Å²) in [5.41, 5.74) is -0.794. The molecule has 1 aliphatic heterocycles. The molecule has 16 heteroatoms. The largest absolute Gasteiger partial charge is 0.506 e. The molecule has 0 spiro atoms. The lowest BCUT2D eigenvalue weighted by Crippen LogP contribution is -2.62. The van der Waals surface area contributed by atoms with E-state index in [1.54, 1.807) is 0 Å². The van der Waals surface area contributed by atoms with E-state index in [0.717, 1.165) is 12.1 Å². The van der Waals surface area contributed by atoms with Crippen LogP contribution in [0.4, 0.5) is 30.7 Å². The first kappa shape index (κ1) is 23.1. The van der Waals surface area contributed by atoms with Crippen LogP contribution in [-0.4, -0.2) is 45.2 Å². The second-order valence-corrected chi connectivity index (χ2v) is 7.20. The number of alkyl halides is 7. The van der Waals surface area contributed by atoms with Crippen LogP contribution in [0, 0.1) is 0 Å². The van der Waals surface area contributed by atoms with Gasteiger partial charge >= 0.3 is 23.6 Å². The molecule has 31 heavy (non-hydrogen) atoms. The van der Waals surface area contributed by atoms with Gasteiger partial charge in [0.05, 0.1) is 10.9 Å². The van der Waals surface area contributed by atoms with Crippen LogP contribution in [0.5, 0.6) is 5.75 Å². The molecule has 2 N–H and O–H groups in total. The number of fused-ring (bicyclic) bond motifs is 1. The summed E-state index contributed by atoms with van der Waals surface area (Å²) in [4.78, 5) is 27.3. The van der Waals surface area contributed by atoms with Crippen molar-refractivity contribution < 1.29 is 45.1 Å². The quantitative estimate of drug-likeness (QED) is 0.380. The molecule has 0 saturated carbocycles. The van der Waals surface area contributed by atoms with Gasteiger partial charge in [-0.15, -0.1) is 4.41 Å². The van der Waals surface area contributed by atoms with E-state index in [1.807, 2.05) is 0 Å². The minimum Gasteiger partial charge on any atom is -0.506 e. The SMILES string of the molecule is O=C(NN1SC=NC1C(F)(F)C(F)(F)C(F)(F)F)c1c(O)c2ccc(Cl)cc2oc1=O. The highest BCUT2D eigenvalue weighted by atomic mass is 35.5. The van der Waals surface area contributed by atoms with Crippen LogP contribution < -0.4 is 11.1 Å². The summed E-state index contributed by atoms with van der Waals surface area (Å²) >= 11 is 5.75. The molecule has 0 fully saturated rings. The van der Waals surface area contributed by atoms with Crippen molar-refractivity contribution in [2.45, 2.75) is 24.2 Å². The van der Waals surface area contributed by atoms with E-state index in [0.29, 0.717) is 5.55 Å². The number of hydrazine groups is 1. The zero-order valence-electron chi connectivity index (χ0n) is 14.4. The van der Waals surface area contributed by atoms with Crippen LogP contribution in [0.15, 0.2) is 32.4 Å². The number of aromatic hydroxyl groups is 1. The van der Waals surface area contributed by atoms with Gasteiger partial charge in [0, 0.05) is 11.1 Å². The number of hydrogen-bond acceptors (Lipinski definition) is 7. The van der Waals surface area contributed by atoms with Gasteiger partial charge in [0.15, 0.2) is 5.56 Å². The van der Waals surface area contributed by atoms with E-state index < -0.39 is 47.0 Å². The molecule has 1 amide bonds. The van der Waals surface area contributed by atoms with Crippen LogP contribution in [0.3, 0.4) is 0 Å². The van der Waals surface area contributed by atoms with Crippen LogP contribution in [0.2, 0.25) is 5.02 Å². The van der Waals surface area contributed by atoms with E-state index in [2.05, 4.69) is 4.99 Å². The van der Waals surface area contributed by atoms with Crippen molar-refractivity contribution in [3.63, 3.8) is 0 Å². The van der Waals surface area contributed by atoms with Crippen molar-refractivity contribution >= 4 is 46.0 Å². The van der Waals surface area contributed by atoms with Gasteiger partial charge in [-0.25, -0.2) is 4.79 Å². The maximum atomic E-state index is 14.0. The molecule has 1 aromatic carbocycles. The smallest absolute Gasteiger partial charge is 0.460 e. The first-order valence-corrected chi connectivity index (χ1v) is 8.96. The number of halogens is 8. The molecular formula is C15H7ClF7N3O4S. The molecular weight excluding hydrogens is 487 g/mol. The van der Waals surface area contributed by atoms with E-state index in [4.69, 9.17) is 16.0 Å². The summed E-state index contributed by atoms with van der Waals surface area (Å²) < 4.78 is 96.6. The van der Waals surface area contributed by atoms with Gasteiger partial charge in [-0.05, 0) is 24.1 Å². The molecule has 3 rings (SSSR count). The van der Waals surface area contributed by atoms with Crippen LogP contribution >= 0.6 is 23.5 Å².